The van der Waals surface area contributed by atoms with Gasteiger partial charge in [0.2, 0.25) is 0 Å². The van der Waals surface area contributed by atoms with Crippen LogP contribution in [0.5, 0.6) is 0 Å². The molecule has 0 atom stereocenters. The van der Waals surface area contributed by atoms with Gasteiger partial charge in [-0.15, -0.1) is 0 Å². The van der Waals surface area contributed by atoms with Crippen molar-refractivity contribution in [2.75, 3.05) is 6.61 Å². The van der Waals surface area contributed by atoms with Gasteiger partial charge in [-0.05, 0) is 43.4 Å². The van der Waals surface area contributed by atoms with E-state index >= 15 is 0 Å². The predicted octanol–water partition coefficient (Wildman–Crippen LogP) is 3.38. The van der Waals surface area contributed by atoms with Crippen molar-refractivity contribution in [1.82, 2.24) is 9.55 Å². The summed E-state index contributed by atoms with van der Waals surface area (Å²) < 4.78 is 2.10. The molecule has 0 bridgehead atoms. The minimum Gasteiger partial charge on any atom is -0.395 e. The largest absolute Gasteiger partial charge is 0.395 e. The maximum absolute atomic E-state index is 9.13. The number of aryl methyl sites for hydroxylation is 1. The smallest absolute Gasteiger partial charge is 0.106 e. The summed E-state index contributed by atoms with van der Waals surface area (Å²) in [5, 5.41) is 9.13. The van der Waals surface area contributed by atoms with Gasteiger partial charge in [0.25, 0.3) is 0 Å². The predicted molar refractivity (Wildman–Crippen MR) is 77.4 cm³/mol. The first-order chi connectivity index (χ1) is 9.29. The van der Waals surface area contributed by atoms with Crippen molar-refractivity contribution in [3.63, 3.8) is 0 Å². The highest BCUT2D eigenvalue weighted by Gasteiger charge is 2.17. The van der Waals surface area contributed by atoms with E-state index in [1.54, 1.807) is 0 Å². The molecule has 0 radical (unpaired) electrons. The summed E-state index contributed by atoms with van der Waals surface area (Å²) in [6, 6.07) is 6.69. The molecular weight excluding hydrogens is 236 g/mol. The molecule has 0 unspecified atom stereocenters. The number of aliphatic hydroxyl groups excluding tert-OH is 1. The molecule has 102 valence electrons. The van der Waals surface area contributed by atoms with E-state index < -0.39 is 0 Å². The van der Waals surface area contributed by atoms with Gasteiger partial charge in [0.1, 0.15) is 5.82 Å². The van der Waals surface area contributed by atoms with Crippen molar-refractivity contribution >= 4 is 11.0 Å². The van der Waals surface area contributed by atoms with Gasteiger partial charge in [-0.3, -0.25) is 0 Å². The fourth-order valence-corrected chi connectivity index (χ4v) is 3.34. The number of hydrogen-bond donors (Lipinski definition) is 1. The van der Waals surface area contributed by atoms with Crippen LogP contribution in [0.4, 0.5) is 0 Å². The number of rotatable bonds is 3. The first-order valence-electron chi connectivity index (χ1n) is 7.37. The van der Waals surface area contributed by atoms with Crippen LogP contribution in [-0.4, -0.2) is 21.3 Å². The topological polar surface area (TPSA) is 38.0 Å². The van der Waals surface area contributed by atoms with Crippen LogP contribution < -0.4 is 0 Å². The molecule has 1 N–H and O–H groups in total. The van der Waals surface area contributed by atoms with E-state index in [2.05, 4.69) is 27.8 Å². The van der Waals surface area contributed by atoms with Crippen molar-refractivity contribution in [3.8, 4) is 0 Å². The van der Waals surface area contributed by atoms with Crippen molar-refractivity contribution in [3.05, 3.63) is 29.6 Å². The quantitative estimate of drug-likeness (QED) is 0.916. The van der Waals surface area contributed by atoms with Gasteiger partial charge >= 0.3 is 0 Å². The van der Waals surface area contributed by atoms with E-state index in [0.29, 0.717) is 6.54 Å². The zero-order valence-electron chi connectivity index (χ0n) is 11.6. The molecule has 1 heterocycles. The molecule has 1 saturated carbocycles. The van der Waals surface area contributed by atoms with Crippen LogP contribution in [0, 0.1) is 6.92 Å². The number of aliphatic hydroxyl groups is 1. The standard InChI is InChI=1S/C16H22N2O/c1-12-17-15-11-14(13-5-3-2-4-6-13)7-8-16(15)18(12)9-10-19/h7-8,11,13,19H,2-6,9-10H2,1H3. The Kier molecular flexibility index (Phi) is 3.56. The highest BCUT2D eigenvalue weighted by molar-refractivity contribution is 5.77. The summed E-state index contributed by atoms with van der Waals surface area (Å²) in [5.74, 6) is 1.71. The molecule has 3 nitrogen and oxygen atoms in total. The van der Waals surface area contributed by atoms with E-state index in [1.165, 1.54) is 37.7 Å². The Morgan fingerprint density at radius 1 is 1.26 bits per heavy atom. The van der Waals surface area contributed by atoms with Crippen LogP contribution in [0.2, 0.25) is 0 Å². The monoisotopic (exact) mass is 258 g/mol. The molecule has 2 aromatic rings. The number of benzene rings is 1. The van der Waals surface area contributed by atoms with Gasteiger partial charge < -0.3 is 9.67 Å². The summed E-state index contributed by atoms with van der Waals surface area (Å²) >= 11 is 0. The normalized spacial score (nSPS) is 17.2. The lowest BCUT2D eigenvalue weighted by Crippen LogP contribution is -2.05. The molecule has 0 aliphatic heterocycles. The molecule has 1 aromatic carbocycles. The maximum atomic E-state index is 9.13. The molecule has 0 amide bonds. The molecule has 0 saturated heterocycles. The number of fused-ring (bicyclic) bond motifs is 1. The lowest BCUT2D eigenvalue weighted by atomic mass is 9.84. The number of nitrogens with zero attached hydrogens (tertiary/aromatic N) is 2. The minimum absolute atomic E-state index is 0.163. The second-order valence-corrected chi connectivity index (χ2v) is 5.62. The van der Waals surface area contributed by atoms with Gasteiger partial charge in [0.15, 0.2) is 0 Å². The van der Waals surface area contributed by atoms with Crippen LogP contribution in [-0.2, 0) is 6.54 Å². The van der Waals surface area contributed by atoms with E-state index in [1.807, 2.05) is 6.92 Å². The van der Waals surface area contributed by atoms with E-state index in [0.717, 1.165) is 22.8 Å². The molecule has 3 rings (SSSR count). The first-order valence-corrected chi connectivity index (χ1v) is 7.37. The maximum Gasteiger partial charge on any atom is 0.106 e. The van der Waals surface area contributed by atoms with E-state index in [9.17, 15) is 0 Å². The Bertz CT molecular complexity index is 567. The zero-order chi connectivity index (χ0) is 13.2. The van der Waals surface area contributed by atoms with E-state index in [-0.39, 0.29) is 6.61 Å². The Morgan fingerprint density at radius 3 is 2.79 bits per heavy atom. The number of hydrogen-bond acceptors (Lipinski definition) is 2. The van der Waals surface area contributed by atoms with Crippen molar-refractivity contribution in [2.45, 2.75) is 51.5 Å². The Balaban J connectivity index is 1.97. The van der Waals surface area contributed by atoms with Crippen LogP contribution in [0.15, 0.2) is 18.2 Å². The van der Waals surface area contributed by atoms with Crippen LogP contribution in [0.3, 0.4) is 0 Å². The summed E-state index contributed by atoms with van der Waals surface area (Å²) in [6.07, 6.45) is 6.76. The second-order valence-electron chi connectivity index (χ2n) is 5.62. The molecule has 19 heavy (non-hydrogen) atoms. The van der Waals surface area contributed by atoms with Gasteiger partial charge in [-0.1, -0.05) is 25.3 Å². The van der Waals surface area contributed by atoms with Gasteiger partial charge in [-0.2, -0.15) is 0 Å². The van der Waals surface area contributed by atoms with Crippen molar-refractivity contribution < 1.29 is 5.11 Å². The van der Waals surface area contributed by atoms with Crippen molar-refractivity contribution in [1.29, 1.82) is 0 Å². The highest BCUT2D eigenvalue weighted by Crippen LogP contribution is 2.33. The fraction of sp³-hybridized carbons (Fsp3) is 0.562. The molecular formula is C16H22N2O. The lowest BCUT2D eigenvalue weighted by Gasteiger charge is -2.21. The highest BCUT2D eigenvalue weighted by atomic mass is 16.3. The number of imidazole rings is 1. The third-order valence-corrected chi connectivity index (χ3v) is 4.36. The molecule has 1 aromatic heterocycles. The average molecular weight is 258 g/mol. The van der Waals surface area contributed by atoms with Crippen molar-refractivity contribution in [2.24, 2.45) is 0 Å². The summed E-state index contributed by atoms with van der Waals surface area (Å²) in [5.41, 5.74) is 3.67. The van der Waals surface area contributed by atoms with Gasteiger partial charge in [0, 0.05) is 6.54 Å². The minimum atomic E-state index is 0.163. The fourth-order valence-electron chi connectivity index (χ4n) is 3.34. The van der Waals surface area contributed by atoms with Crippen LogP contribution >= 0.6 is 0 Å². The third-order valence-electron chi connectivity index (χ3n) is 4.36. The Labute approximate surface area is 114 Å². The Hall–Kier alpha value is -1.35. The zero-order valence-corrected chi connectivity index (χ0v) is 11.6. The molecule has 1 aliphatic carbocycles. The van der Waals surface area contributed by atoms with Crippen LogP contribution in [0.1, 0.15) is 49.4 Å². The number of aromatic nitrogens is 2. The summed E-state index contributed by atoms with van der Waals surface area (Å²) in [6.45, 7) is 2.80. The van der Waals surface area contributed by atoms with Crippen LogP contribution in [0.25, 0.3) is 11.0 Å². The first kappa shape index (κ1) is 12.7. The molecule has 1 fully saturated rings. The second kappa shape index (κ2) is 5.33. The molecule has 0 spiro atoms. The van der Waals surface area contributed by atoms with E-state index in [4.69, 9.17) is 5.11 Å². The molecule has 3 heteroatoms. The SMILES string of the molecule is Cc1nc2cc(C3CCCCC3)ccc2n1CCO. The molecule has 1 aliphatic rings. The summed E-state index contributed by atoms with van der Waals surface area (Å²) in [7, 11) is 0. The van der Waals surface area contributed by atoms with Gasteiger partial charge in [-0.25, -0.2) is 4.98 Å². The summed E-state index contributed by atoms with van der Waals surface area (Å²) in [4.78, 5) is 4.64. The third kappa shape index (κ3) is 2.39. The van der Waals surface area contributed by atoms with Gasteiger partial charge in [0.05, 0.1) is 17.6 Å². The Morgan fingerprint density at radius 2 is 2.05 bits per heavy atom. The lowest BCUT2D eigenvalue weighted by molar-refractivity contribution is 0.276. The average Bonchev–Trinajstić information content (AvgIpc) is 2.76.